The Balaban J connectivity index is 0.0000000931. The summed E-state index contributed by atoms with van der Waals surface area (Å²) in [6.07, 6.45) is 0. The number of para-hydroxylation sites is 3. The van der Waals surface area contributed by atoms with E-state index in [1.807, 2.05) is 93.1 Å². The standard InChI is InChI=1S/C27H21NS.2C24H15NOS.C24H15NS2/c1-27(2)23-9-5-3-7-19(23)20-13-11-17(15-24(20)27)28-18-12-14-22-21-8-4-6-10-25(21)29-26(22)16-18;1-3-10-21-16(6-1)19-8-5-9-20(24(19)26-21)25-15-12-13-18-17-7-2-4-11-22(17)27-23(18)14-15;1-3-7-21-17(5-1)18-11-9-15(13-22(18)26-21)25-16-10-12-20-19-6-2-4-8-23(19)27-24(20)14-16;1-3-10-21-16(6-1)18-13-12-15(14-23(18)26-21)25-20-9-5-8-19-17-7-2-4-11-22(17)27-24(19)20/h3-16,28H,1-2H3;3*1-14,25H. The minimum Gasteiger partial charge on any atom is -0.456 e. The van der Waals surface area contributed by atoms with Gasteiger partial charge in [0.1, 0.15) is 16.7 Å². The summed E-state index contributed by atoms with van der Waals surface area (Å²) in [4.78, 5) is 0. The van der Waals surface area contributed by atoms with Crippen LogP contribution in [0.15, 0.2) is 349 Å². The summed E-state index contributed by atoms with van der Waals surface area (Å²) in [5, 5.41) is 32.3. The van der Waals surface area contributed by atoms with Crippen molar-refractivity contribution in [3.63, 3.8) is 0 Å². The van der Waals surface area contributed by atoms with Gasteiger partial charge in [-0.15, -0.1) is 56.7 Å². The Morgan fingerprint density at radius 1 is 0.218 bits per heavy atom. The molecule has 0 unspecified atom stereocenters. The Morgan fingerprint density at radius 2 is 0.555 bits per heavy atom. The molecule has 0 bridgehead atoms. The lowest BCUT2D eigenvalue weighted by atomic mass is 9.82. The van der Waals surface area contributed by atoms with Crippen LogP contribution >= 0.6 is 56.7 Å². The van der Waals surface area contributed by atoms with E-state index in [9.17, 15) is 0 Å². The first kappa shape index (κ1) is 65.7. The zero-order chi connectivity index (χ0) is 73.0. The van der Waals surface area contributed by atoms with Crippen molar-refractivity contribution in [2.75, 3.05) is 21.3 Å². The Hall–Kier alpha value is -12.6. The Morgan fingerprint density at radius 3 is 1.08 bits per heavy atom. The first-order valence-electron chi connectivity index (χ1n) is 36.9. The quantitative estimate of drug-likeness (QED) is 0.121. The van der Waals surface area contributed by atoms with Crippen molar-refractivity contribution in [2.24, 2.45) is 0 Å². The minimum atomic E-state index is 0.0268. The topological polar surface area (TPSA) is 74.4 Å². The maximum atomic E-state index is 6.13. The first-order chi connectivity index (χ1) is 54.2. The van der Waals surface area contributed by atoms with Crippen molar-refractivity contribution in [2.45, 2.75) is 19.3 Å². The van der Waals surface area contributed by atoms with Crippen LogP contribution < -0.4 is 21.3 Å². The third kappa shape index (κ3) is 11.7. The zero-order valence-electron chi connectivity index (χ0n) is 59.7. The van der Waals surface area contributed by atoms with Gasteiger partial charge in [-0.05, 0) is 150 Å². The number of hydrogen-bond donors (Lipinski definition) is 4. The lowest BCUT2D eigenvalue weighted by molar-refractivity contribution is 0.660. The van der Waals surface area contributed by atoms with Crippen LogP contribution in [0.25, 0.3) is 156 Å². The highest BCUT2D eigenvalue weighted by atomic mass is 32.1. The van der Waals surface area contributed by atoms with Gasteiger partial charge in [-0.1, -0.05) is 220 Å². The molecule has 1 aliphatic rings. The molecule has 11 heteroatoms. The van der Waals surface area contributed by atoms with Gasteiger partial charge >= 0.3 is 0 Å². The van der Waals surface area contributed by atoms with Gasteiger partial charge in [0, 0.05) is 163 Å². The van der Waals surface area contributed by atoms with Gasteiger partial charge in [-0.2, -0.15) is 0 Å². The van der Waals surface area contributed by atoms with Gasteiger partial charge in [-0.3, -0.25) is 0 Å². The summed E-state index contributed by atoms with van der Waals surface area (Å²) in [5.41, 5.74) is 18.0. The molecule has 0 atom stereocenters. The fourth-order valence-electron chi connectivity index (χ4n) is 16.1. The fourth-order valence-corrected chi connectivity index (χ4v) is 21.9. The van der Waals surface area contributed by atoms with Crippen LogP contribution in [0.4, 0.5) is 45.5 Å². The summed E-state index contributed by atoms with van der Waals surface area (Å²) < 4.78 is 25.4. The van der Waals surface area contributed by atoms with Crippen LogP contribution in [0.5, 0.6) is 0 Å². The van der Waals surface area contributed by atoms with Crippen molar-refractivity contribution in [3.8, 4) is 11.1 Å². The highest BCUT2D eigenvalue weighted by molar-refractivity contribution is 7.27. The van der Waals surface area contributed by atoms with Crippen LogP contribution in [-0.4, -0.2) is 0 Å². The number of hydrogen-bond acceptors (Lipinski definition) is 11. The molecule has 0 fully saturated rings. The predicted molar refractivity (Wildman–Crippen MR) is 481 cm³/mol. The van der Waals surface area contributed by atoms with Crippen LogP contribution in [0.1, 0.15) is 25.0 Å². The van der Waals surface area contributed by atoms with Crippen LogP contribution in [-0.2, 0) is 5.41 Å². The maximum absolute atomic E-state index is 6.13. The molecule has 7 heterocycles. The molecule has 0 saturated carbocycles. The molecular formula is C99H66N4O2S5. The molecule has 524 valence electrons. The fraction of sp³-hybridized carbons (Fsp3) is 0.0303. The molecule has 110 heavy (non-hydrogen) atoms. The zero-order valence-corrected chi connectivity index (χ0v) is 63.8. The number of nitrogens with one attached hydrogen (secondary N) is 4. The van der Waals surface area contributed by atoms with E-state index in [-0.39, 0.29) is 5.41 Å². The number of rotatable bonds is 8. The normalized spacial score (nSPS) is 12.3. The van der Waals surface area contributed by atoms with E-state index in [0.29, 0.717) is 0 Å². The van der Waals surface area contributed by atoms with E-state index >= 15 is 0 Å². The van der Waals surface area contributed by atoms with Gasteiger partial charge in [0.2, 0.25) is 0 Å². The van der Waals surface area contributed by atoms with E-state index in [4.69, 9.17) is 8.83 Å². The second kappa shape index (κ2) is 27.0. The van der Waals surface area contributed by atoms with Crippen molar-refractivity contribution in [3.05, 3.63) is 351 Å². The monoisotopic (exact) mass is 1500 g/mol. The van der Waals surface area contributed by atoms with Crippen molar-refractivity contribution >= 4 is 247 Å². The van der Waals surface area contributed by atoms with E-state index in [1.54, 1.807) is 0 Å². The molecule has 16 aromatic carbocycles. The van der Waals surface area contributed by atoms with Gasteiger partial charge in [0.15, 0.2) is 5.58 Å². The lowest BCUT2D eigenvalue weighted by Gasteiger charge is -2.22. The molecule has 4 N–H and O–H groups in total. The van der Waals surface area contributed by atoms with E-state index < -0.39 is 0 Å². The number of furan rings is 2. The van der Waals surface area contributed by atoms with Crippen LogP contribution in [0, 0.1) is 0 Å². The molecule has 0 aliphatic heterocycles. The third-order valence-electron chi connectivity index (χ3n) is 21.4. The van der Waals surface area contributed by atoms with Gasteiger partial charge in [0.25, 0.3) is 0 Å². The molecule has 23 aromatic rings. The number of benzene rings is 16. The summed E-state index contributed by atoms with van der Waals surface area (Å²) in [6, 6.07) is 121. The van der Waals surface area contributed by atoms with Crippen molar-refractivity contribution in [1.29, 1.82) is 0 Å². The van der Waals surface area contributed by atoms with Gasteiger partial charge in [-0.25, -0.2) is 0 Å². The summed E-state index contributed by atoms with van der Waals surface area (Å²) in [6.45, 7) is 4.65. The summed E-state index contributed by atoms with van der Waals surface area (Å²) in [7, 11) is 0. The molecule has 0 amide bonds. The highest BCUT2D eigenvalue weighted by Crippen LogP contribution is 2.50. The van der Waals surface area contributed by atoms with Gasteiger partial charge in [0.05, 0.1) is 16.1 Å². The average molecular weight is 1500 g/mol. The summed E-state index contributed by atoms with van der Waals surface area (Å²) in [5.74, 6) is 0. The maximum Gasteiger partial charge on any atom is 0.158 e. The molecule has 7 aromatic heterocycles. The largest absolute Gasteiger partial charge is 0.456 e. The van der Waals surface area contributed by atoms with E-state index in [1.165, 1.54) is 129 Å². The number of fused-ring (bicyclic) bond motifs is 24. The molecule has 1 aliphatic carbocycles. The molecule has 0 radical (unpaired) electrons. The smallest absolute Gasteiger partial charge is 0.158 e. The third-order valence-corrected chi connectivity index (χ3v) is 27.2. The molecular weight excluding hydrogens is 1440 g/mol. The van der Waals surface area contributed by atoms with Crippen LogP contribution in [0.2, 0.25) is 0 Å². The number of thiophene rings is 5. The minimum absolute atomic E-state index is 0.0268. The molecule has 0 saturated heterocycles. The second-order valence-electron chi connectivity index (χ2n) is 28.5. The Labute approximate surface area is 653 Å². The lowest BCUT2D eigenvalue weighted by Crippen LogP contribution is -2.15. The average Bonchev–Trinajstić information content (AvgIpc) is 1.58. The molecule has 24 rings (SSSR count). The van der Waals surface area contributed by atoms with Crippen molar-refractivity contribution in [1.82, 2.24) is 0 Å². The van der Waals surface area contributed by atoms with Crippen LogP contribution in [0.3, 0.4) is 0 Å². The highest BCUT2D eigenvalue weighted by Gasteiger charge is 2.35. The van der Waals surface area contributed by atoms with Crippen molar-refractivity contribution < 1.29 is 8.83 Å². The van der Waals surface area contributed by atoms with E-state index in [0.717, 1.165) is 83.7 Å². The first-order valence-corrected chi connectivity index (χ1v) is 41.0. The second-order valence-corrected chi connectivity index (χ2v) is 33.9. The Bertz CT molecular complexity index is 7230. The van der Waals surface area contributed by atoms with Gasteiger partial charge < -0.3 is 30.1 Å². The summed E-state index contributed by atoms with van der Waals surface area (Å²) >= 11 is 9.23. The number of anilines is 8. The van der Waals surface area contributed by atoms with E-state index in [2.05, 4.69) is 338 Å². The Kier molecular flexibility index (Phi) is 16.1. The molecule has 0 spiro atoms. The predicted octanol–water partition coefficient (Wildman–Crippen LogP) is 31.7. The molecule has 6 nitrogen and oxygen atoms in total. The SMILES string of the molecule is CC1(C)c2ccccc2-c2ccc(Nc3ccc4c(c3)sc3ccccc34)cc21.c1ccc2c(c1)oc1c(Nc3ccc4c(c3)sc3ccccc34)cccc12.c1ccc2c(c1)oc1cc(Nc3ccc4c(c3)sc3ccccc34)ccc12.c1ccc2c(c1)sc1cc(Nc3cccc4c3sc3ccccc34)ccc12.